The van der Waals surface area contributed by atoms with Crippen LogP contribution in [0.3, 0.4) is 0 Å². The third-order valence-corrected chi connectivity index (χ3v) is 2.99. The van der Waals surface area contributed by atoms with Gasteiger partial charge < -0.3 is 4.90 Å². The van der Waals surface area contributed by atoms with E-state index >= 15 is 0 Å². The van der Waals surface area contributed by atoms with Crippen molar-refractivity contribution in [2.24, 2.45) is 0 Å². The fourth-order valence-corrected chi connectivity index (χ4v) is 2.61. The zero-order chi connectivity index (χ0) is 10.2. The highest BCUT2D eigenvalue weighted by molar-refractivity contribution is 5.24. The van der Waals surface area contributed by atoms with Gasteiger partial charge in [0.2, 0.25) is 0 Å². The Hall–Kier alpha value is -0.500. The van der Waals surface area contributed by atoms with Gasteiger partial charge >= 0.3 is 0 Å². The van der Waals surface area contributed by atoms with Crippen molar-refractivity contribution in [1.82, 2.24) is 9.80 Å². The van der Waals surface area contributed by atoms with Gasteiger partial charge in [-0.15, -0.1) is 0 Å². The lowest BCUT2D eigenvalue weighted by molar-refractivity contribution is 0.192. The first-order chi connectivity index (χ1) is 5.91. The Labute approximate surface area is 82.2 Å². The van der Waals surface area contributed by atoms with Crippen molar-refractivity contribution in [3.05, 3.63) is 11.3 Å². The van der Waals surface area contributed by atoms with Crippen molar-refractivity contribution in [3.8, 4) is 0 Å². The Kier molecular flexibility index (Phi) is 2.71. The van der Waals surface area contributed by atoms with Gasteiger partial charge in [0.1, 0.15) is 0 Å². The molecule has 1 saturated heterocycles. The molecule has 0 saturated carbocycles. The molecule has 1 heterocycles. The molecule has 1 rings (SSSR count). The first kappa shape index (κ1) is 10.6. The molecular weight excluding hydrogens is 160 g/mol. The highest BCUT2D eigenvalue weighted by Crippen LogP contribution is 2.34. The third-order valence-electron chi connectivity index (χ3n) is 2.99. The van der Waals surface area contributed by atoms with Gasteiger partial charge in [0.15, 0.2) is 0 Å². The van der Waals surface area contributed by atoms with Gasteiger partial charge in [-0.25, -0.2) is 0 Å². The van der Waals surface area contributed by atoms with Gasteiger partial charge in [-0.1, -0.05) is 12.5 Å². The molecule has 1 aliphatic heterocycles. The summed E-state index contributed by atoms with van der Waals surface area (Å²) in [7, 11) is 2.18. The summed E-state index contributed by atoms with van der Waals surface area (Å²) in [6.45, 7) is 13.4. The van der Waals surface area contributed by atoms with Crippen molar-refractivity contribution < 1.29 is 0 Å². The Bertz CT molecular complexity index is 224. The van der Waals surface area contributed by atoms with E-state index in [2.05, 4.69) is 51.5 Å². The third kappa shape index (κ3) is 1.60. The second kappa shape index (κ2) is 3.33. The minimum atomic E-state index is 0.211. The quantitative estimate of drug-likeness (QED) is 0.614. The lowest BCUT2D eigenvalue weighted by Gasteiger charge is -2.30. The molecule has 0 N–H and O–H groups in total. The molecule has 0 bridgehead atoms. The summed E-state index contributed by atoms with van der Waals surface area (Å²) < 4.78 is 0. The summed E-state index contributed by atoms with van der Waals surface area (Å²) >= 11 is 0. The van der Waals surface area contributed by atoms with Gasteiger partial charge in [0, 0.05) is 12.7 Å². The molecule has 2 heteroatoms. The Morgan fingerprint density at radius 1 is 1.38 bits per heavy atom. The fourth-order valence-electron chi connectivity index (χ4n) is 2.61. The topological polar surface area (TPSA) is 6.48 Å². The summed E-state index contributed by atoms with van der Waals surface area (Å²) in [4.78, 5) is 4.86. The maximum Gasteiger partial charge on any atom is 0.0708 e. The maximum atomic E-state index is 2.50. The SMILES string of the molecule is CCN1CN(C)C(=C(C)C)C1(C)C. The lowest BCUT2D eigenvalue weighted by Crippen LogP contribution is -2.39. The summed E-state index contributed by atoms with van der Waals surface area (Å²) in [5, 5.41) is 0. The Balaban J connectivity index is 3.05. The number of hydrogen-bond donors (Lipinski definition) is 0. The number of likely N-dealkylation sites (N-methyl/N-ethyl adjacent to an activating group) is 2. The van der Waals surface area contributed by atoms with Crippen molar-refractivity contribution in [2.45, 2.75) is 40.2 Å². The molecule has 2 nitrogen and oxygen atoms in total. The molecule has 0 amide bonds. The molecular formula is C11H22N2. The average Bonchev–Trinajstić information content (AvgIpc) is 2.20. The van der Waals surface area contributed by atoms with Gasteiger partial charge in [0.25, 0.3) is 0 Å². The summed E-state index contributed by atoms with van der Waals surface area (Å²) in [5.74, 6) is 0. The molecule has 1 aliphatic rings. The number of rotatable bonds is 1. The van der Waals surface area contributed by atoms with Crippen molar-refractivity contribution >= 4 is 0 Å². The lowest BCUT2D eigenvalue weighted by atomic mass is 9.97. The largest absolute Gasteiger partial charge is 0.363 e. The van der Waals surface area contributed by atoms with Gasteiger partial charge in [0.05, 0.1) is 12.2 Å². The van der Waals surface area contributed by atoms with E-state index < -0.39 is 0 Å². The summed E-state index contributed by atoms with van der Waals surface area (Å²) in [6.07, 6.45) is 0. The smallest absolute Gasteiger partial charge is 0.0708 e. The van der Waals surface area contributed by atoms with E-state index in [0.717, 1.165) is 13.2 Å². The minimum absolute atomic E-state index is 0.211. The molecule has 0 aliphatic carbocycles. The summed E-state index contributed by atoms with van der Waals surface area (Å²) in [5.41, 5.74) is 3.13. The molecule has 0 aromatic heterocycles. The first-order valence-corrected chi connectivity index (χ1v) is 5.05. The molecule has 13 heavy (non-hydrogen) atoms. The molecule has 0 spiro atoms. The summed E-state index contributed by atoms with van der Waals surface area (Å²) in [6, 6.07) is 0. The van der Waals surface area contributed by atoms with Crippen LogP contribution in [0.5, 0.6) is 0 Å². The molecule has 0 atom stereocenters. The van der Waals surface area contributed by atoms with E-state index in [9.17, 15) is 0 Å². The van der Waals surface area contributed by atoms with Crippen LogP contribution in [-0.4, -0.2) is 35.6 Å². The van der Waals surface area contributed by atoms with Gasteiger partial charge in [-0.05, 0) is 34.2 Å². The molecule has 0 unspecified atom stereocenters. The normalized spacial score (nSPS) is 22.6. The monoisotopic (exact) mass is 182 g/mol. The number of hydrogen-bond acceptors (Lipinski definition) is 2. The van der Waals surface area contributed by atoms with Crippen LogP contribution in [0.25, 0.3) is 0 Å². The number of allylic oxidation sites excluding steroid dienone is 1. The van der Waals surface area contributed by atoms with E-state index in [4.69, 9.17) is 0 Å². The highest BCUT2D eigenvalue weighted by atomic mass is 15.4. The predicted molar refractivity (Wildman–Crippen MR) is 57.5 cm³/mol. The highest BCUT2D eigenvalue weighted by Gasteiger charge is 2.39. The van der Waals surface area contributed by atoms with E-state index in [1.165, 1.54) is 11.3 Å². The molecule has 0 radical (unpaired) electrons. The van der Waals surface area contributed by atoms with Crippen LogP contribution >= 0.6 is 0 Å². The molecule has 1 fully saturated rings. The second-order valence-electron chi connectivity index (χ2n) is 4.60. The van der Waals surface area contributed by atoms with Crippen LogP contribution in [0.4, 0.5) is 0 Å². The van der Waals surface area contributed by atoms with E-state index in [1.807, 2.05) is 0 Å². The predicted octanol–water partition coefficient (Wildman–Crippen LogP) is 2.28. The Morgan fingerprint density at radius 3 is 2.15 bits per heavy atom. The fraction of sp³-hybridized carbons (Fsp3) is 0.818. The molecule has 76 valence electrons. The van der Waals surface area contributed by atoms with E-state index in [0.29, 0.717) is 0 Å². The zero-order valence-electron chi connectivity index (χ0n) is 9.81. The van der Waals surface area contributed by atoms with Crippen LogP contribution < -0.4 is 0 Å². The van der Waals surface area contributed by atoms with Crippen LogP contribution in [0.2, 0.25) is 0 Å². The molecule has 0 aromatic carbocycles. The van der Waals surface area contributed by atoms with E-state index in [-0.39, 0.29) is 5.54 Å². The first-order valence-electron chi connectivity index (χ1n) is 5.05. The van der Waals surface area contributed by atoms with Crippen molar-refractivity contribution in [3.63, 3.8) is 0 Å². The maximum absolute atomic E-state index is 2.50. The molecule has 0 aromatic rings. The van der Waals surface area contributed by atoms with E-state index in [1.54, 1.807) is 0 Å². The zero-order valence-corrected chi connectivity index (χ0v) is 9.81. The Morgan fingerprint density at radius 2 is 1.92 bits per heavy atom. The van der Waals surface area contributed by atoms with Crippen molar-refractivity contribution in [2.75, 3.05) is 20.3 Å². The second-order valence-corrected chi connectivity index (χ2v) is 4.60. The number of nitrogens with zero attached hydrogens (tertiary/aromatic N) is 2. The average molecular weight is 182 g/mol. The standard InChI is InChI=1S/C11H22N2/c1-7-13-8-12(6)10(9(2)3)11(13,4)5/h7-8H2,1-6H3. The van der Waals surface area contributed by atoms with Crippen LogP contribution in [0, 0.1) is 0 Å². The van der Waals surface area contributed by atoms with Gasteiger partial charge in [-0.2, -0.15) is 0 Å². The van der Waals surface area contributed by atoms with Crippen LogP contribution in [0.1, 0.15) is 34.6 Å². The van der Waals surface area contributed by atoms with Crippen LogP contribution in [-0.2, 0) is 0 Å². The minimum Gasteiger partial charge on any atom is -0.363 e. The van der Waals surface area contributed by atoms with Crippen molar-refractivity contribution in [1.29, 1.82) is 0 Å². The van der Waals surface area contributed by atoms with Gasteiger partial charge in [-0.3, -0.25) is 4.90 Å². The van der Waals surface area contributed by atoms with Crippen LogP contribution in [0.15, 0.2) is 11.3 Å².